The van der Waals surface area contributed by atoms with Gasteiger partial charge in [-0.25, -0.2) is 0 Å². The molecule has 6 heteroatoms. The van der Waals surface area contributed by atoms with Crippen molar-refractivity contribution in [3.63, 3.8) is 0 Å². The minimum Gasteiger partial charge on any atom is -0.481 e. The lowest BCUT2D eigenvalue weighted by molar-refractivity contribution is -0.141. The molecule has 1 unspecified atom stereocenters. The average Bonchev–Trinajstić information content (AvgIpc) is 2.85. The number of carboxylic acid groups (broad SMARTS) is 1. The van der Waals surface area contributed by atoms with Crippen LogP contribution in [0.4, 0.5) is 5.69 Å². The minimum atomic E-state index is -0.744. The molecule has 1 amide bonds. The molecule has 0 aliphatic carbocycles. The highest BCUT2D eigenvalue weighted by Crippen LogP contribution is 2.17. The molecule has 0 bridgehead atoms. The van der Waals surface area contributed by atoms with Crippen LogP contribution in [-0.4, -0.2) is 41.5 Å². The van der Waals surface area contributed by atoms with Gasteiger partial charge >= 0.3 is 5.97 Å². The lowest BCUT2D eigenvalue weighted by Gasteiger charge is -2.14. The molecule has 1 aliphatic heterocycles. The summed E-state index contributed by atoms with van der Waals surface area (Å²) in [5, 5.41) is 11.7. The standard InChI is InChI=1S/C14H17BrN2O3/c15-11-2-1-3-12(8-11)16-13(18)5-7-17-6-4-10(9-17)14(19)20/h1-3,8,10H,4-7,9H2,(H,16,18)(H,19,20). The quantitative estimate of drug-likeness (QED) is 0.861. The smallest absolute Gasteiger partial charge is 0.307 e. The number of amides is 1. The van der Waals surface area contributed by atoms with E-state index in [0.29, 0.717) is 25.9 Å². The van der Waals surface area contributed by atoms with E-state index >= 15 is 0 Å². The second kappa shape index (κ2) is 6.85. The van der Waals surface area contributed by atoms with E-state index in [2.05, 4.69) is 21.2 Å². The van der Waals surface area contributed by atoms with Crippen LogP contribution in [0.25, 0.3) is 0 Å². The van der Waals surface area contributed by atoms with Crippen molar-refractivity contribution in [2.75, 3.05) is 25.0 Å². The van der Waals surface area contributed by atoms with Gasteiger partial charge in [0.1, 0.15) is 0 Å². The normalized spacial score (nSPS) is 18.9. The number of nitrogens with one attached hydrogen (secondary N) is 1. The molecule has 1 heterocycles. The number of hydrogen-bond donors (Lipinski definition) is 2. The number of nitrogens with zero attached hydrogens (tertiary/aromatic N) is 1. The SMILES string of the molecule is O=C(CCN1CCC(C(=O)O)C1)Nc1cccc(Br)c1. The van der Waals surface area contributed by atoms with Crippen molar-refractivity contribution in [3.05, 3.63) is 28.7 Å². The summed E-state index contributed by atoms with van der Waals surface area (Å²) in [5.74, 6) is -1.09. The molecular weight excluding hydrogens is 324 g/mol. The Morgan fingerprint density at radius 3 is 2.90 bits per heavy atom. The highest BCUT2D eigenvalue weighted by atomic mass is 79.9. The first-order chi connectivity index (χ1) is 9.54. The van der Waals surface area contributed by atoms with Crippen LogP contribution in [0, 0.1) is 5.92 Å². The first-order valence-electron chi connectivity index (χ1n) is 6.55. The van der Waals surface area contributed by atoms with E-state index < -0.39 is 5.97 Å². The Morgan fingerprint density at radius 2 is 2.25 bits per heavy atom. The molecule has 0 saturated carbocycles. The van der Waals surface area contributed by atoms with Gasteiger partial charge in [-0.1, -0.05) is 22.0 Å². The van der Waals surface area contributed by atoms with Gasteiger partial charge in [0.2, 0.25) is 5.91 Å². The Hall–Kier alpha value is -1.40. The predicted molar refractivity (Wildman–Crippen MR) is 79.6 cm³/mol. The lowest BCUT2D eigenvalue weighted by atomic mass is 10.1. The molecule has 0 radical (unpaired) electrons. The molecule has 1 aromatic rings. The number of rotatable bonds is 5. The number of carbonyl (C=O) groups excluding carboxylic acids is 1. The van der Waals surface area contributed by atoms with Crippen molar-refractivity contribution in [2.45, 2.75) is 12.8 Å². The van der Waals surface area contributed by atoms with Crippen LogP contribution in [0.1, 0.15) is 12.8 Å². The van der Waals surface area contributed by atoms with Gasteiger partial charge < -0.3 is 15.3 Å². The maximum atomic E-state index is 11.8. The van der Waals surface area contributed by atoms with E-state index in [4.69, 9.17) is 5.11 Å². The first-order valence-corrected chi connectivity index (χ1v) is 7.34. The molecule has 2 rings (SSSR count). The Morgan fingerprint density at radius 1 is 1.45 bits per heavy atom. The summed E-state index contributed by atoms with van der Waals surface area (Å²) in [6.45, 7) is 1.89. The fourth-order valence-electron chi connectivity index (χ4n) is 2.29. The van der Waals surface area contributed by atoms with Crippen molar-refractivity contribution in [2.24, 2.45) is 5.92 Å². The van der Waals surface area contributed by atoms with Gasteiger partial charge in [0.25, 0.3) is 0 Å². The maximum Gasteiger partial charge on any atom is 0.307 e. The van der Waals surface area contributed by atoms with E-state index in [0.717, 1.165) is 16.7 Å². The average molecular weight is 341 g/mol. The van der Waals surface area contributed by atoms with E-state index in [-0.39, 0.29) is 11.8 Å². The summed E-state index contributed by atoms with van der Waals surface area (Å²) in [6.07, 6.45) is 1.04. The summed E-state index contributed by atoms with van der Waals surface area (Å²) in [6, 6.07) is 7.43. The van der Waals surface area contributed by atoms with Crippen LogP contribution < -0.4 is 5.32 Å². The lowest BCUT2D eigenvalue weighted by Crippen LogP contribution is -2.27. The number of anilines is 1. The molecule has 5 nitrogen and oxygen atoms in total. The third-order valence-corrected chi connectivity index (χ3v) is 3.88. The van der Waals surface area contributed by atoms with Crippen molar-refractivity contribution < 1.29 is 14.7 Å². The Labute approximate surface area is 126 Å². The number of hydrogen-bond acceptors (Lipinski definition) is 3. The van der Waals surface area contributed by atoms with Crippen molar-refractivity contribution in [1.82, 2.24) is 4.90 Å². The Balaban J connectivity index is 1.75. The number of carbonyl (C=O) groups is 2. The highest BCUT2D eigenvalue weighted by Gasteiger charge is 2.27. The molecule has 1 fully saturated rings. The van der Waals surface area contributed by atoms with Gasteiger partial charge in [0, 0.05) is 29.7 Å². The van der Waals surface area contributed by atoms with Crippen LogP contribution >= 0.6 is 15.9 Å². The molecule has 2 N–H and O–H groups in total. The van der Waals surface area contributed by atoms with E-state index in [1.807, 2.05) is 29.2 Å². The largest absolute Gasteiger partial charge is 0.481 e. The molecule has 0 aromatic heterocycles. The maximum absolute atomic E-state index is 11.8. The topological polar surface area (TPSA) is 69.6 Å². The first kappa shape index (κ1) is 15.0. The second-order valence-corrected chi connectivity index (χ2v) is 5.85. The summed E-state index contributed by atoms with van der Waals surface area (Å²) in [7, 11) is 0. The molecule has 1 saturated heterocycles. The van der Waals surface area contributed by atoms with E-state index in [1.165, 1.54) is 0 Å². The molecule has 108 valence electrons. The monoisotopic (exact) mass is 340 g/mol. The second-order valence-electron chi connectivity index (χ2n) is 4.93. The van der Waals surface area contributed by atoms with Crippen LogP contribution in [0.5, 0.6) is 0 Å². The van der Waals surface area contributed by atoms with Gasteiger partial charge in [-0.15, -0.1) is 0 Å². The van der Waals surface area contributed by atoms with Gasteiger partial charge in [0.05, 0.1) is 5.92 Å². The van der Waals surface area contributed by atoms with E-state index in [1.54, 1.807) is 0 Å². The van der Waals surface area contributed by atoms with Gasteiger partial charge in [0.15, 0.2) is 0 Å². The van der Waals surface area contributed by atoms with Gasteiger partial charge in [-0.2, -0.15) is 0 Å². The highest BCUT2D eigenvalue weighted by molar-refractivity contribution is 9.10. The number of aliphatic carboxylic acids is 1. The molecule has 1 atom stereocenters. The molecule has 0 spiro atoms. The number of halogens is 1. The number of carboxylic acids is 1. The Kier molecular flexibility index (Phi) is 5.14. The van der Waals surface area contributed by atoms with Crippen molar-refractivity contribution in [3.8, 4) is 0 Å². The van der Waals surface area contributed by atoms with Crippen molar-refractivity contribution >= 4 is 33.5 Å². The van der Waals surface area contributed by atoms with Crippen LogP contribution in [0.2, 0.25) is 0 Å². The van der Waals surface area contributed by atoms with Crippen molar-refractivity contribution in [1.29, 1.82) is 0 Å². The van der Waals surface area contributed by atoms with Crippen LogP contribution in [0.15, 0.2) is 28.7 Å². The fraction of sp³-hybridized carbons (Fsp3) is 0.429. The zero-order valence-electron chi connectivity index (χ0n) is 11.0. The zero-order chi connectivity index (χ0) is 14.5. The van der Waals surface area contributed by atoms with Gasteiger partial charge in [-0.3, -0.25) is 9.59 Å². The predicted octanol–water partition coefficient (Wildman–Crippen LogP) is 2.18. The third kappa shape index (κ3) is 4.31. The Bertz CT molecular complexity index is 507. The number of benzene rings is 1. The zero-order valence-corrected chi connectivity index (χ0v) is 12.6. The molecular formula is C14H17BrN2O3. The van der Waals surface area contributed by atoms with Crippen LogP contribution in [-0.2, 0) is 9.59 Å². The summed E-state index contributed by atoms with van der Waals surface area (Å²) in [5.41, 5.74) is 0.759. The van der Waals surface area contributed by atoms with E-state index in [9.17, 15) is 9.59 Å². The molecule has 1 aliphatic rings. The third-order valence-electron chi connectivity index (χ3n) is 3.39. The molecule has 1 aromatic carbocycles. The fourth-order valence-corrected chi connectivity index (χ4v) is 2.69. The summed E-state index contributed by atoms with van der Waals surface area (Å²) in [4.78, 5) is 24.7. The molecule has 20 heavy (non-hydrogen) atoms. The number of likely N-dealkylation sites (tertiary alicyclic amines) is 1. The van der Waals surface area contributed by atoms with Gasteiger partial charge in [-0.05, 0) is 31.2 Å². The summed E-state index contributed by atoms with van der Waals surface area (Å²) >= 11 is 3.35. The van der Waals surface area contributed by atoms with Crippen LogP contribution in [0.3, 0.4) is 0 Å². The summed E-state index contributed by atoms with van der Waals surface area (Å²) < 4.78 is 0.916. The minimum absolute atomic E-state index is 0.0538.